The molecule has 0 saturated heterocycles. The zero-order chi connectivity index (χ0) is 28.1. The van der Waals surface area contributed by atoms with Gasteiger partial charge in [0.05, 0.1) is 24.7 Å². The second kappa shape index (κ2) is 9.64. The number of aromatic nitrogens is 5. The lowest BCUT2D eigenvalue weighted by molar-refractivity contribution is 0.412. The minimum atomic E-state index is -0.621. The highest BCUT2D eigenvalue weighted by atomic mass is 19.1. The van der Waals surface area contributed by atoms with Gasteiger partial charge in [-0.25, -0.2) is 19.0 Å². The van der Waals surface area contributed by atoms with Crippen molar-refractivity contribution in [3.05, 3.63) is 87.2 Å². The number of methoxy groups -OCH3 is 1. The first-order valence-electron chi connectivity index (χ1n) is 12.8. The molecule has 0 saturated carbocycles. The molecule has 0 aliphatic heterocycles. The van der Waals surface area contributed by atoms with E-state index < -0.39 is 5.82 Å². The molecule has 1 aliphatic rings. The number of fused-ring (bicyclic) bond motifs is 2. The normalized spacial score (nSPS) is 14.7. The Bertz CT molecular complexity index is 1980. The van der Waals surface area contributed by atoms with Crippen LogP contribution in [-0.4, -0.2) is 36.5 Å². The number of benzene rings is 2. The van der Waals surface area contributed by atoms with Crippen LogP contribution in [0.3, 0.4) is 0 Å². The van der Waals surface area contributed by atoms with Gasteiger partial charge in [0.1, 0.15) is 35.2 Å². The molecule has 0 fully saturated rings. The first kappa shape index (κ1) is 25.3. The molecule has 1 unspecified atom stereocenters. The van der Waals surface area contributed by atoms with Gasteiger partial charge in [-0.2, -0.15) is 5.10 Å². The highest BCUT2D eigenvalue weighted by molar-refractivity contribution is 5.98. The molecule has 3 heterocycles. The average Bonchev–Trinajstić information content (AvgIpc) is 3.27. The number of anilines is 1. The number of rotatable bonds is 5. The van der Waals surface area contributed by atoms with E-state index in [9.17, 15) is 14.3 Å². The quantitative estimate of drug-likeness (QED) is 0.353. The van der Waals surface area contributed by atoms with E-state index in [0.29, 0.717) is 44.6 Å². The van der Waals surface area contributed by atoms with Gasteiger partial charge in [0.25, 0.3) is 5.56 Å². The zero-order valence-electron chi connectivity index (χ0n) is 22.2. The predicted molar refractivity (Wildman–Crippen MR) is 151 cm³/mol. The smallest absolute Gasteiger partial charge is 0.263 e. The maximum atomic E-state index is 14.2. The molecule has 1 atom stereocenters. The molecule has 0 radical (unpaired) electrons. The summed E-state index contributed by atoms with van der Waals surface area (Å²) in [6.07, 6.45) is 4.25. The van der Waals surface area contributed by atoms with Crippen molar-refractivity contribution >= 4 is 28.5 Å². The fourth-order valence-corrected chi connectivity index (χ4v) is 5.59. The van der Waals surface area contributed by atoms with Crippen LogP contribution in [0.25, 0.3) is 39.6 Å². The Labute approximate surface area is 228 Å². The van der Waals surface area contributed by atoms with Crippen molar-refractivity contribution in [1.29, 1.82) is 0 Å². The first-order chi connectivity index (χ1) is 19.2. The zero-order valence-corrected chi connectivity index (χ0v) is 22.2. The molecule has 10 heteroatoms. The third-order valence-corrected chi connectivity index (χ3v) is 7.19. The van der Waals surface area contributed by atoms with Crippen LogP contribution < -0.4 is 26.5 Å². The van der Waals surface area contributed by atoms with E-state index in [1.807, 2.05) is 37.3 Å². The monoisotopic (exact) mass is 538 g/mol. The van der Waals surface area contributed by atoms with Gasteiger partial charge in [0, 0.05) is 22.5 Å². The number of pyridine rings is 1. The van der Waals surface area contributed by atoms with E-state index in [4.69, 9.17) is 15.6 Å². The first-order valence-corrected chi connectivity index (χ1v) is 12.8. The lowest BCUT2D eigenvalue weighted by atomic mass is 9.93. The maximum Gasteiger partial charge on any atom is 0.263 e. The van der Waals surface area contributed by atoms with Gasteiger partial charge in [-0.05, 0) is 54.8 Å². The van der Waals surface area contributed by atoms with Crippen LogP contribution in [0, 0.1) is 11.7 Å². The lowest BCUT2D eigenvalue weighted by Crippen LogP contribution is -2.48. The number of para-hydroxylation sites is 2. The SMILES string of the molecule is COc1ccccc1-n1c(Cn2nc(-c3cc(O)cc(F)c3)c3c(N)ncnc32)cc2c(c1=O)=C(C)CC(C)C=2. The molecule has 3 N–H and O–H groups in total. The minimum Gasteiger partial charge on any atom is -0.508 e. The van der Waals surface area contributed by atoms with Crippen LogP contribution in [0.1, 0.15) is 26.0 Å². The second-order valence-electron chi connectivity index (χ2n) is 10.1. The highest BCUT2D eigenvalue weighted by Crippen LogP contribution is 2.33. The van der Waals surface area contributed by atoms with E-state index in [0.717, 1.165) is 23.3 Å². The number of aromatic hydroxyl groups is 1. The maximum absolute atomic E-state index is 14.2. The minimum absolute atomic E-state index is 0.135. The van der Waals surface area contributed by atoms with Crippen LogP contribution >= 0.6 is 0 Å². The molecule has 0 amide bonds. The summed E-state index contributed by atoms with van der Waals surface area (Å²) in [4.78, 5) is 22.7. The molecule has 2 aromatic carbocycles. The molecule has 1 aliphatic carbocycles. The highest BCUT2D eigenvalue weighted by Gasteiger charge is 2.22. The predicted octanol–water partition coefficient (Wildman–Crippen LogP) is 3.12. The van der Waals surface area contributed by atoms with Gasteiger partial charge < -0.3 is 15.6 Å². The Morgan fingerprint density at radius 2 is 1.98 bits per heavy atom. The van der Waals surface area contributed by atoms with Crippen LogP contribution in [0.15, 0.2) is 59.7 Å². The molecule has 6 rings (SSSR count). The number of phenolic OH excluding ortho intramolecular Hbond substituents is 1. The molecule has 202 valence electrons. The van der Waals surface area contributed by atoms with Gasteiger partial charge in [0.2, 0.25) is 0 Å². The summed E-state index contributed by atoms with van der Waals surface area (Å²) in [6.45, 7) is 4.26. The molecule has 0 spiro atoms. The Kier molecular flexibility index (Phi) is 6.10. The van der Waals surface area contributed by atoms with Crippen LogP contribution in [0.2, 0.25) is 0 Å². The van der Waals surface area contributed by atoms with Crippen molar-refractivity contribution in [3.8, 4) is 28.4 Å². The Morgan fingerprint density at radius 3 is 2.75 bits per heavy atom. The third kappa shape index (κ3) is 4.17. The van der Waals surface area contributed by atoms with Crippen molar-refractivity contribution in [3.63, 3.8) is 0 Å². The molecular weight excluding hydrogens is 511 g/mol. The molecule has 5 aromatic rings. The number of halogens is 1. The summed E-state index contributed by atoms with van der Waals surface area (Å²) in [7, 11) is 1.57. The Morgan fingerprint density at radius 1 is 1.18 bits per heavy atom. The average molecular weight is 539 g/mol. The van der Waals surface area contributed by atoms with Gasteiger partial charge in [-0.3, -0.25) is 9.36 Å². The molecular formula is C30H27FN6O3. The van der Waals surface area contributed by atoms with Gasteiger partial charge in [0.15, 0.2) is 5.65 Å². The summed E-state index contributed by atoms with van der Waals surface area (Å²) in [5, 5.41) is 16.7. The van der Waals surface area contributed by atoms with Crippen molar-refractivity contribution in [1.82, 2.24) is 24.3 Å². The number of hydrogen-bond acceptors (Lipinski definition) is 7. The fourth-order valence-electron chi connectivity index (χ4n) is 5.59. The molecule has 9 nitrogen and oxygen atoms in total. The van der Waals surface area contributed by atoms with E-state index in [1.165, 1.54) is 18.5 Å². The second-order valence-corrected chi connectivity index (χ2v) is 10.1. The van der Waals surface area contributed by atoms with Crippen molar-refractivity contribution in [2.45, 2.75) is 26.8 Å². The van der Waals surface area contributed by atoms with Gasteiger partial charge in [-0.1, -0.05) is 30.7 Å². The largest absolute Gasteiger partial charge is 0.508 e. The molecule has 3 aromatic heterocycles. The van der Waals surface area contributed by atoms with Crippen LogP contribution in [0.5, 0.6) is 11.5 Å². The topological polar surface area (TPSA) is 121 Å². The van der Waals surface area contributed by atoms with E-state index in [2.05, 4.69) is 23.0 Å². The summed E-state index contributed by atoms with van der Waals surface area (Å²) in [5.74, 6) is 0.125. The molecule has 0 bridgehead atoms. The number of nitrogens with two attached hydrogens (primary N) is 1. The van der Waals surface area contributed by atoms with E-state index in [1.54, 1.807) is 16.4 Å². The summed E-state index contributed by atoms with van der Waals surface area (Å²) >= 11 is 0. The van der Waals surface area contributed by atoms with E-state index in [-0.39, 0.29) is 29.6 Å². The standard InChI is InChI=1S/C30H27FN6O3/c1-16-8-17(2)25-18(9-16)11-21(37(30(25)39)23-6-4-5-7-24(23)40-3)14-36-29-26(28(32)33-15-34-29)27(35-36)19-10-20(31)13-22(38)12-19/h4-7,9-13,15-16,38H,8,14H2,1-3H3,(H2,32,33,34). The number of nitrogens with zero attached hydrogens (tertiary/aromatic N) is 5. The number of ether oxygens (including phenoxy) is 1. The third-order valence-electron chi connectivity index (χ3n) is 7.19. The number of nitrogen functional groups attached to an aromatic ring is 1. The van der Waals surface area contributed by atoms with Gasteiger partial charge in [-0.15, -0.1) is 0 Å². The van der Waals surface area contributed by atoms with Crippen molar-refractivity contribution < 1.29 is 14.2 Å². The number of hydrogen-bond donors (Lipinski definition) is 2. The molecule has 40 heavy (non-hydrogen) atoms. The fraction of sp³-hybridized carbons (Fsp3) is 0.200. The Hall–Kier alpha value is -4.99. The summed E-state index contributed by atoms with van der Waals surface area (Å²) < 4.78 is 23.1. The number of phenols is 1. The summed E-state index contributed by atoms with van der Waals surface area (Å²) in [6, 6.07) is 13.0. The van der Waals surface area contributed by atoms with Crippen molar-refractivity contribution in [2.24, 2.45) is 5.92 Å². The summed E-state index contributed by atoms with van der Waals surface area (Å²) in [5.41, 5.74) is 9.40. The van der Waals surface area contributed by atoms with Crippen molar-refractivity contribution in [2.75, 3.05) is 12.8 Å². The lowest BCUT2D eigenvalue weighted by Gasteiger charge is -2.19. The van der Waals surface area contributed by atoms with Gasteiger partial charge >= 0.3 is 0 Å². The Balaban J connectivity index is 1.64. The van der Waals surface area contributed by atoms with Crippen LogP contribution in [0.4, 0.5) is 10.2 Å². The van der Waals surface area contributed by atoms with Crippen LogP contribution in [-0.2, 0) is 6.54 Å². The van der Waals surface area contributed by atoms with E-state index >= 15 is 0 Å².